The number of rotatable bonds is 6. The molecule has 1 aliphatic carbocycles. The first-order chi connectivity index (χ1) is 11.9. The molecule has 3 aliphatic rings. The van der Waals surface area contributed by atoms with Crippen molar-refractivity contribution in [2.45, 2.75) is 58.4 Å². The molecule has 0 bridgehead atoms. The predicted octanol–water partition coefficient (Wildman–Crippen LogP) is 2.39. The summed E-state index contributed by atoms with van der Waals surface area (Å²) in [7, 11) is 0. The number of hydrogen-bond donors (Lipinski definition) is 2. The fourth-order valence-electron chi connectivity index (χ4n) is 5.08. The second-order valence-electron chi connectivity index (χ2n) is 8.71. The number of nitrogens with one attached hydrogen (secondary N) is 1. The minimum atomic E-state index is -0.721. The van der Waals surface area contributed by atoms with Crippen molar-refractivity contribution >= 4 is 12.0 Å². The van der Waals surface area contributed by atoms with E-state index in [9.17, 15) is 14.7 Å². The highest BCUT2D eigenvalue weighted by Crippen LogP contribution is 2.48. The minimum absolute atomic E-state index is 0.0696. The quantitative estimate of drug-likeness (QED) is 0.771. The number of aliphatic carboxylic acids is 1. The van der Waals surface area contributed by atoms with Crippen molar-refractivity contribution in [1.29, 1.82) is 0 Å². The van der Waals surface area contributed by atoms with E-state index in [4.69, 9.17) is 0 Å². The number of urea groups is 1. The highest BCUT2D eigenvalue weighted by atomic mass is 16.4. The maximum atomic E-state index is 12.8. The zero-order chi connectivity index (χ0) is 18.0. The van der Waals surface area contributed by atoms with Crippen LogP contribution in [0.25, 0.3) is 0 Å². The maximum Gasteiger partial charge on any atom is 0.317 e. The fraction of sp³-hybridized carbons (Fsp3) is 0.895. The van der Waals surface area contributed by atoms with Crippen LogP contribution < -0.4 is 5.32 Å². The Morgan fingerprint density at radius 3 is 2.56 bits per heavy atom. The summed E-state index contributed by atoms with van der Waals surface area (Å²) in [6.45, 7) is 8.49. The van der Waals surface area contributed by atoms with Crippen LogP contribution in [-0.2, 0) is 4.79 Å². The van der Waals surface area contributed by atoms with Crippen LogP contribution >= 0.6 is 0 Å². The molecule has 25 heavy (non-hydrogen) atoms. The lowest BCUT2D eigenvalue weighted by molar-refractivity contribution is -0.149. The van der Waals surface area contributed by atoms with Crippen LogP contribution in [0.3, 0.4) is 0 Å². The standard InChI is InChI=1S/C19H33N3O3/c1-14(2)10-16(12-21-8-3-4-9-21)20-18(25)22-11-15-6-5-7-19(15,13-22)17(23)24/h14-16H,3-13H2,1-2H3,(H,20,25)(H,23,24)/t15-,16-,19+/m0/s1. The molecule has 0 aromatic heterocycles. The molecule has 0 unspecified atom stereocenters. The van der Waals surface area contributed by atoms with Crippen molar-refractivity contribution < 1.29 is 14.7 Å². The van der Waals surface area contributed by atoms with Gasteiger partial charge >= 0.3 is 12.0 Å². The Bertz CT molecular complexity index is 504. The van der Waals surface area contributed by atoms with Gasteiger partial charge in [0.05, 0.1) is 5.41 Å². The molecule has 6 nitrogen and oxygen atoms in total. The highest BCUT2D eigenvalue weighted by Gasteiger charge is 2.55. The van der Waals surface area contributed by atoms with Gasteiger partial charge in [-0.15, -0.1) is 0 Å². The van der Waals surface area contributed by atoms with Gasteiger partial charge < -0.3 is 20.2 Å². The van der Waals surface area contributed by atoms with Gasteiger partial charge in [0.25, 0.3) is 0 Å². The number of carboxylic acid groups (broad SMARTS) is 1. The first-order valence-electron chi connectivity index (χ1n) is 9.92. The lowest BCUT2D eigenvalue weighted by Crippen LogP contribution is -2.49. The summed E-state index contributed by atoms with van der Waals surface area (Å²) in [5.74, 6) is -0.0739. The first-order valence-corrected chi connectivity index (χ1v) is 9.92. The van der Waals surface area contributed by atoms with E-state index in [1.54, 1.807) is 4.90 Å². The number of nitrogens with zero attached hydrogens (tertiary/aromatic N) is 2. The van der Waals surface area contributed by atoms with E-state index in [1.807, 2.05) is 0 Å². The van der Waals surface area contributed by atoms with Crippen molar-refractivity contribution in [3.05, 3.63) is 0 Å². The molecule has 3 atom stereocenters. The molecule has 2 amide bonds. The van der Waals surface area contributed by atoms with E-state index >= 15 is 0 Å². The number of amides is 2. The van der Waals surface area contributed by atoms with Crippen LogP contribution in [0, 0.1) is 17.3 Å². The average molecular weight is 351 g/mol. The summed E-state index contributed by atoms with van der Waals surface area (Å²) in [5.41, 5.74) is -0.695. The molecule has 2 saturated heterocycles. The van der Waals surface area contributed by atoms with Crippen LogP contribution in [0.2, 0.25) is 0 Å². The molecule has 3 rings (SSSR count). The molecule has 2 N–H and O–H groups in total. The smallest absolute Gasteiger partial charge is 0.317 e. The molecule has 2 aliphatic heterocycles. The largest absolute Gasteiger partial charge is 0.481 e. The molecule has 0 spiro atoms. The number of carboxylic acids is 1. The normalized spacial score (nSPS) is 30.7. The average Bonchev–Trinajstić information content (AvgIpc) is 3.20. The van der Waals surface area contributed by atoms with Gasteiger partial charge in [-0.25, -0.2) is 4.79 Å². The summed E-state index contributed by atoms with van der Waals surface area (Å²) >= 11 is 0. The second-order valence-corrected chi connectivity index (χ2v) is 8.71. The Morgan fingerprint density at radius 2 is 1.96 bits per heavy atom. The number of carbonyl (C=O) groups excluding carboxylic acids is 1. The molecule has 142 valence electrons. The molecular weight excluding hydrogens is 318 g/mol. The predicted molar refractivity (Wildman–Crippen MR) is 96.4 cm³/mol. The van der Waals surface area contributed by atoms with Crippen molar-refractivity contribution in [3.8, 4) is 0 Å². The van der Waals surface area contributed by atoms with E-state index in [1.165, 1.54) is 12.8 Å². The highest BCUT2D eigenvalue weighted by molar-refractivity contribution is 5.80. The maximum absolute atomic E-state index is 12.8. The van der Waals surface area contributed by atoms with E-state index in [0.717, 1.165) is 38.9 Å². The zero-order valence-electron chi connectivity index (χ0n) is 15.7. The Hall–Kier alpha value is -1.30. The van der Waals surface area contributed by atoms with Gasteiger partial charge in [0.15, 0.2) is 0 Å². The van der Waals surface area contributed by atoms with Crippen molar-refractivity contribution in [2.24, 2.45) is 17.3 Å². The van der Waals surface area contributed by atoms with Gasteiger partial charge in [-0.3, -0.25) is 4.79 Å². The third kappa shape index (κ3) is 3.94. The van der Waals surface area contributed by atoms with Crippen LogP contribution in [-0.4, -0.2) is 65.7 Å². The second kappa shape index (κ2) is 7.52. The Balaban J connectivity index is 1.60. The Morgan fingerprint density at radius 1 is 1.24 bits per heavy atom. The van der Waals surface area contributed by atoms with E-state index in [2.05, 4.69) is 24.1 Å². The molecule has 1 saturated carbocycles. The van der Waals surface area contributed by atoms with E-state index in [0.29, 0.717) is 25.4 Å². The number of likely N-dealkylation sites (tertiary alicyclic amines) is 2. The third-order valence-corrected chi connectivity index (χ3v) is 6.34. The minimum Gasteiger partial charge on any atom is -0.481 e. The number of carbonyl (C=O) groups is 2. The summed E-state index contributed by atoms with van der Waals surface area (Å²) < 4.78 is 0. The number of hydrogen-bond acceptors (Lipinski definition) is 3. The van der Waals surface area contributed by atoms with Crippen LogP contribution in [0.5, 0.6) is 0 Å². The van der Waals surface area contributed by atoms with Crippen molar-refractivity contribution in [2.75, 3.05) is 32.7 Å². The molecule has 6 heteroatoms. The SMILES string of the molecule is CC(C)C[C@@H](CN1CCCC1)NC(=O)N1C[C@@H]2CCC[C@@]2(C(=O)O)C1. The Kier molecular flexibility index (Phi) is 5.56. The zero-order valence-corrected chi connectivity index (χ0v) is 15.7. The van der Waals surface area contributed by atoms with E-state index in [-0.39, 0.29) is 18.0 Å². The van der Waals surface area contributed by atoms with E-state index < -0.39 is 11.4 Å². The third-order valence-electron chi connectivity index (χ3n) is 6.34. The lowest BCUT2D eigenvalue weighted by Gasteiger charge is -2.29. The summed E-state index contributed by atoms with van der Waals surface area (Å²) in [4.78, 5) is 28.8. The molecular formula is C19H33N3O3. The van der Waals surface area contributed by atoms with Gasteiger partial charge in [-0.1, -0.05) is 20.3 Å². The van der Waals surface area contributed by atoms with Crippen molar-refractivity contribution in [1.82, 2.24) is 15.1 Å². The molecule has 0 aromatic carbocycles. The van der Waals surface area contributed by atoms with Gasteiger partial charge in [0.2, 0.25) is 0 Å². The van der Waals surface area contributed by atoms with Crippen LogP contribution in [0.4, 0.5) is 4.79 Å². The molecule has 3 fully saturated rings. The van der Waals surface area contributed by atoms with Crippen LogP contribution in [0.1, 0.15) is 52.4 Å². The molecule has 0 radical (unpaired) electrons. The van der Waals surface area contributed by atoms with Gasteiger partial charge in [-0.05, 0) is 57.0 Å². The lowest BCUT2D eigenvalue weighted by atomic mass is 9.81. The molecule has 0 aromatic rings. The number of fused-ring (bicyclic) bond motifs is 1. The first kappa shape index (κ1) is 18.5. The summed E-state index contributed by atoms with van der Waals surface area (Å²) in [6, 6.07) is 0.0756. The van der Waals surface area contributed by atoms with Crippen LogP contribution in [0.15, 0.2) is 0 Å². The molecule has 2 heterocycles. The summed E-state index contributed by atoms with van der Waals surface area (Å²) in [6.07, 6.45) is 6.06. The van der Waals surface area contributed by atoms with Gasteiger partial charge in [0.1, 0.15) is 0 Å². The fourth-order valence-corrected chi connectivity index (χ4v) is 5.08. The van der Waals surface area contributed by atoms with Crippen molar-refractivity contribution in [3.63, 3.8) is 0 Å². The van der Waals surface area contributed by atoms with Gasteiger partial charge in [0, 0.05) is 25.7 Å². The summed E-state index contributed by atoms with van der Waals surface area (Å²) in [5, 5.41) is 12.9. The monoisotopic (exact) mass is 351 g/mol. The van der Waals surface area contributed by atoms with Gasteiger partial charge in [-0.2, -0.15) is 0 Å². The Labute approximate surface area is 150 Å². The topological polar surface area (TPSA) is 72.9 Å².